The Labute approximate surface area is 184 Å². The predicted octanol–water partition coefficient (Wildman–Crippen LogP) is 5.26. The summed E-state index contributed by atoms with van der Waals surface area (Å²) < 4.78 is 0. The fourth-order valence-electron chi connectivity index (χ4n) is 3.27. The first-order valence-corrected chi connectivity index (χ1v) is 10.8. The van der Waals surface area contributed by atoms with Crippen LogP contribution in [-0.2, 0) is 4.79 Å². The molecule has 0 bridgehead atoms. The molecule has 162 valence electrons. The van der Waals surface area contributed by atoms with Gasteiger partial charge in [0.05, 0.1) is 5.69 Å². The summed E-state index contributed by atoms with van der Waals surface area (Å²) >= 11 is 0. The van der Waals surface area contributed by atoms with Crippen LogP contribution in [0.25, 0.3) is 11.3 Å². The molecule has 2 N–H and O–H groups in total. The summed E-state index contributed by atoms with van der Waals surface area (Å²) in [6.45, 7) is 5.83. The third-order valence-corrected chi connectivity index (χ3v) is 4.94. The maximum atomic E-state index is 12.3. The minimum Gasteiger partial charge on any atom is -0.340 e. The smallest absolute Gasteiger partial charge is 0.225 e. The minimum atomic E-state index is 0.0183. The Morgan fingerprint density at radius 3 is 2.52 bits per heavy atom. The number of carbonyl (C=O) groups is 1. The van der Waals surface area contributed by atoms with Crippen molar-refractivity contribution in [1.82, 2.24) is 14.9 Å². The van der Waals surface area contributed by atoms with Gasteiger partial charge in [-0.1, -0.05) is 49.7 Å². The van der Waals surface area contributed by atoms with E-state index < -0.39 is 0 Å². The van der Waals surface area contributed by atoms with Crippen LogP contribution in [0.1, 0.15) is 32.0 Å². The number of unbranched alkanes of at least 4 members (excludes halogenated alkanes) is 1. The fraction of sp³-hybridized carbons (Fsp3) is 0.320. The van der Waals surface area contributed by atoms with Crippen molar-refractivity contribution in [2.24, 2.45) is 0 Å². The highest BCUT2D eigenvalue weighted by atomic mass is 16.1. The van der Waals surface area contributed by atoms with Crippen LogP contribution in [0.2, 0.25) is 0 Å². The molecule has 0 saturated heterocycles. The van der Waals surface area contributed by atoms with Gasteiger partial charge in [0.25, 0.3) is 0 Å². The SMILES string of the molecule is CCCCN(C)CCC(=O)Nc1cccc(Nc2cc(-c3ccccc3)nc(C)n2)c1. The second kappa shape index (κ2) is 11.2. The Balaban J connectivity index is 1.63. The van der Waals surface area contributed by atoms with Crippen LogP contribution in [-0.4, -0.2) is 40.9 Å². The molecule has 0 atom stereocenters. The van der Waals surface area contributed by atoms with Crippen LogP contribution in [0, 0.1) is 6.92 Å². The number of hydrogen-bond donors (Lipinski definition) is 2. The number of carbonyl (C=O) groups excluding carboxylic acids is 1. The quantitative estimate of drug-likeness (QED) is 0.471. The Hall–Kier alpha value is -3.25. The molecule has 1 aromatic heterocycles. The largest absolute Gasteiger partial charge is 0.340 e. The molecule has 6 heteroatoms. The average molecular weight is 418 g/mol. The Bertz CT molecular complexity index is 990. The van der Waals surface area contributed by atoms with E-state index in [4.69, 9.17) is 0 Å². The molecule has 0 fully saturated rings. The maximum Gasteiger partial charge on any atom is 0.225 e. The van der Waals surface area contributed by atoms with E-state index in [9.17, 15) is 4.79 Å². The van der Waals surface area contributed by atoms with Gasteiger partial charge in [0, 0.05) is 36.0 Å². The van der Waals surface area contributed by atoms with Gasteiger partial charge in [0.2, 0.25) is 5.91 Å². The molecule has 0 spiro atoms. The van der Waals surface area contributed by atoms with E-state index >= 15 is 0 Å². The van der Waals surface area contributed by atoms with E-state index in [1.165, 1.54) is 0 Å². The highest BCUT2D eigenvalue weighted by Crippen LogP contribution is 2.23. The lowest BCUT2D eigenvalue weighted by Gasteiger charge is -2.16. The molecule has 1 heterocycles. The van der Waals surface area contributed by atoms with Crippen molar-refractivity contribution < 1.29 is 4.79 Å². The van der Waals surface area contributed by atoms with Gasteiger partial charge in [0.1, 0.15) is 11.6 Å². The van der Waals surface area contributed by atoms with Crippen molar-refractivity contribution in [1.29, 1.82) is 0 Å². The molecule has 1 amide bonds. The first-order chi connectivity index (χ1) is 15.0. The first kappa shape index (κ1) is 22.4. The summed E-state index contributed by atoms with van der Waals surface area (Å²) in [5.41, 5.74) is 3.53. The molecule has 0 radical (unpaired) electrons. The normalized spacial score (nSPS) is 10.8. The van der Waals surface area contributed by atoms with Crippen LogP contribution in [0.3, 0.4) is 0 Å². The number of nitrogens with one attached hydrogen (secondary N) is 2. The molecule has 31 heavy (non-hydrogen) atoms. The van der Waals surface area contributed by atoms with Crippen LogP contribution in [0.15, 0.2) is 60.7 Å². The van der Waals surface area contributed by atoms with Crippen LogP contribution in [0.5, 0.6) is 0 Å². The van der Waals surface area contributed by atoms with Crippen molar-refractivity contribution >= 4 is 23.1 Å². The summed E-state index contributed by atoms with van der Waals surface area (Å²) in [4.78, 5) is 23.6. The van der Waals surface area contributed by atoms with Crippen molar-refractivity contribution in [2.45, 2.75) is 33.1 Å². The molecule has 0 saturated carbocycles. The van der Waals surface area contributed by atoms with E-state index in [2.05, 4.69) is 39.5 Å². The van der Waals surface area contributed by atoms with Crippen molar-refractivity contribution in [3.05, 3.63) is 66.5 Å². The zero-order valence-electron chi connectivity index (χ0n) is 18.6. The lowest BCUT2D eigenvalue weighted by molar-refractivity contribution is -0.116. The molecule has 0 unspecified atom stereocenters. The van der Waals surface area contributed by atoms with Crippen molar-refractivity contribution in [3.8, 4) is 11.3 Å². The standard InChI is InChI=1S/C25H31N5O/c1-4-5-15-30(3)16-14-25(31)29-22-13-9-12-21(17-22)28-24-18-23(26-19(2)27-24)20-10-7-6-8-11-20/h6-13,17-18H,4-5,14-16H2,1-3H3,(H,29,31)(H,26,27,28). The fourth-order valence-corrected chi connectivity index (χ4v) is 3.27. The number of aromatic nitrogens is 2. The Kier molecular flexibility index (Phi) is 8.12. The van der Waals surface area contributed by atoms with E-state index in [0.717, 1.165) is 48.6 Å². The third-order valence-electron chi connectivity index (χ3n) is 4.94. The Morgan fingerprint density at radius 2 is 1.74 bits per heavy atom. The van der Waals surface area contributed by atoms with Crippen molar-refractivity contribution in [2.75, 3.05) is 30.8 Å². The number of hydrogen-bond acceptors (Lipinski definition) is 5. The summed E-state index contributed by atoms with van der Waals surface area (Å²) in [7, 11) is 2.06. The number of aryl methyl sites for hydroxylation is 1. The third kappa shape index (κ3) is 7.19. The molecule has 3 rings (SSSR count). The van der Waals surface area contributed by atoms with Crippen molar-refractivity contribution in [3.63, 3.8) is 0 Å². The van der Waals surface area contributed by atoms with E-state index in [1.54, 1.807) is 0 Å². The minimum absolute atomic E-state index is 0.0183. The predicted molar refractivity (Wildman–Crippen MR) is 128 cm³/mol. The molecule has 0 aliphatic heterocycles. The van der Waals surface area contributed by atoms with Crippen LogP contribution < -0.4 is 10.6 Å². The zero-order chi connectivity index (χ0) is 22.1. The van der Waals surface area contributed by atoms with Gasteiger partial charge in [-0.05, 0) is 45.1 Å². The van der Waals surface area contributed by atoms with Gasteiger partial charge in [0.15, 0.2) is 0 Å². The Morgan fingerprint density at radius 1 is 0.968 bits per heavy atom. The molecular weight excluding hydrogens is 386 g/mol. The molecule has 0 aliphatic carbocycles. The number of nitrogens with zero attached hydrogens (tertiary/aromatic N) is 3. The molecule has 2 aromatic carbocycles. The maximum absolute atomic E-state index is 12.3. The topological polar surface area (TPSA) is 70.2 Å². The number of rotatable bonds is 10. The van der Waals surface area contributed by atoms with Gasteiger partial charge in [-0.3, -0.25) is 4.79 Å². The van der Waals surface area contributed by atoms with Crippen LogP contribution >= 0.6 is 0 Å². The van der Waals surface area contributed by atoms with Gasteiger partial charge in [-0.15, -0.1) is 0 Å². The highest BCUT2D eigenvalue weighted by molar-refractivity contribution is 5.91. The lowest BCUT2D eigenvalue weighted by atomic mass is 10.1. The summed E-state index contributed by atoms with van der Waals surface area (Å²) in [5.74, 6) is 1.43. The molecule has 6 nitrogen and oxygen atoms in total. The second-order valence-corrected chi connectivity index (χ2v) is 7.71. The molecular formula is C25H31N5O. The van der Waals surface area contributed by atoms with Gasteiger partial charge in [-0.25, -0.2) is 9.97 Å². The highest BCUT2D eigenvalue weighted by Gasteiger charge is 2.08. The lowest BCUT2D eigenvalue weighted by Crippen LogP contribution is -2.25. The summed E-state index contributed by atoms with van der Waals surface area (Å²) in [6.07, 6.45) is 2.79. The molecule has 0 aliphatic rings. The number of amides is 1. The number of anilines is 3. The first-order valence-electron chi connectivity index (χ1n) is 10.8. The van der Waals surface area contributed by atoms with Gasteiger partial charge >= 0.3 is 0 Å². The second-order valence-electron chi connectivity index (χ2n) is 7.71. The summed E-state index contributed by atoms with van der Waals surface area (Å²) in [5, 5.41) is 6.32. The van der Waals surface area contributed by atoms with Gasteiger partial charge < -0.3 is 15.5 Å². The zero-order valence-corrected chi connectivity index (χ0v) is 18.6. The number of benzene rings is 2. The molecule has 3 aromatic rings. The van der Waals surface area contributed by atoms with Crippen LogP contribution in [0.4, 0.5) is 17.2 Å². The van der Waals surface area contributed by atoms with E-state index in [0.29, 0.717) is 18.1 Å². The summed E-state index contributed by atoms with van der Waals surface area (Å²) in [6, 6.07) is 19.6. The average Bonchev–Trinajstić information content (AvgIpc) is 2.76. The van der Waals surface area contributed by atoms with E-state index in [1.807, 2.05) is 67.6 Å². The monoisotopic (exact) mass is 417 g/mol. The van der Waals surface area contributed by atoms with Gasteiger partial charge in [-0.2, -0.15) is 0 Å². The van der Waals surface area contributed by atoms with E-state index in [-0.39, 0.29) is 5.91 Å².